The number of aromatic nitrogens is 2. The molecule has 3 heterocycles. The quantitative estimate of drug-likeness (QED) is 0.911. The van der Waals surface area contributed by atoms with Crippen LogP contribution in [0.5, 0.6) is 0 Å². The molecule has 0 bridgehead atoms. The van der Waals surface area contributed by atoms with E-state index in [0.717, 1.165) is 35.3 Å². The zero-order chi connectivity index (χ0) is 14.0. The first-order valence-electron chi connectivity index (χ1n) is 6.52. The van der Waals surface area contributed by atoms with Crippen molar-refractivity contribution in [1.29, 1.82) is 0 Å². The Morgan fingerprint density at radius 3 is 2.95 bits per heavy atom. The number of halogens is 1. The summed E-state index contributed by atoms with van der Waals surface area (Å²) in [6, 6.07) is 2.00. The average molecular weight is 358 g/mol. The average Bonchev–Trinajstić information content (AvgIpc) is 3.09. The van der Waals surface area contributed by atoms with Gasteiger partial charge in [0.15, 0.2) is 0 Å². The Morgan fingerprint density at radius 2 is 2.30 bits per heavy atom. The Balaban J connectivity index is 1.90. The van der Waals surface area contributed by atoms with Crippen molar-refractivity contribution in [2.75, 3.05) is 26.8 Å². The van der Waals surface area contributed by atoms with Crippen molar-refractivity contribution in [3.05, 3.63) is 21.8 Å². The van der Waals surface area contributed by atoms with E-state index in [-0.39, 0.29) is 5.41 Å². The summed E-state index contributed by atoms with van der Waals surface area (Å²) in [6.07, 6.45) is 1.91. The molecule has 0 aromatic carbocycles. The van der Waals surface area contributed by atoms with Gasteiger partial charge in [-0.2, -0.15) is 4.98 Å². The maximum absolute atomic E-state index is 5.55. The molecule has 0 unspecified atom stereocenters. The van der Waals surface area contributed by atoms with Gasteiger partial charge in [0.2, 0.25) is 11.7 Å². The Hall–Kier alpha value is -0.760. The minimum absolute atomic E-state index is 0.153. The van der Waals surface area contributed by atoms with Gasteiger partial charge in [0.25, 0.3) is 0 Å². The van der Waals surface area contributed by atoms with Crippen molar-refractivity contribution in [2.24, 2.45) is 0 Å². The van der Waals surface area contributed by atoms with Gasteiger partial charge in [-0.1, -0.05) is 5.16 Å². The van der Waals surface area contributed by atoms with Crippen LogP contribution >= 0.6 is 27.3 Å². The molecule has 1 N–H and O–H groups in total. The predicted octanol–water partition coefficient (Wildman–Crippen LogP) is 2.83. The molecule has 1 saturated heterocycles. The third-order valence-corrected chi connectivity index (χ3v) is 5.34. The summed E-state index contributed by atoms with van der Waals surface area (Å²) in [4.78, 5) is 5.62. The monoisotopic (exact) mass is 357 g/mol. The Kier molecular flexibility index (Phi) is 4.21. The van der Waals surface area contributed by atoms with Crippen molar-refractivity contribution >= 4 is 27.3 Å². The van der Waals surface area contributed by atoms with E-state index in [1.165, 1.54) is 0 Å². The van der Waals surface area contributed by atoms with Crippen LogP contribution in [0, 0.1) is 0 Å². The zero-order valence-electron chi connectivity index (χ0n) is 11.2. The molecule has 0 spiro atoms. The van der Waals surface area contributed by atoms with Gasteiger partial charge >= 0.3 is 0 Å². The third kappa shape index (κ3) is 2.67. The second-order valence-electron chi connectivity index (χ2n) is 5.02. The van der Waals surface area contributed by atoms with Crippen LogP contribution in [0.25, 0.3) is 10.7 Å². The molecule has 2 aromatic heterocycles. The van der Waals surface area contributed by atoms with E-state index in [4.69, 9.17) is 9.26 Å². The molecular formula is C13H16BrN3O2S. The molecule has 0 aliphatic carbocycles. The van der Waals surface area contributed by atoms with Crippen molar-refractivity contribution in [3.8, 4) is 10.7 Å². The highest BCUT2D eigenvalue weighted by Gasteiger charge is 2.39. The first kappa shape index (κ1) is 14.2. The molecule has 5 nitrogen and oxygen atoms in total. The van der Waals surface area contributed by atoms with Crippen molar-refractivity contribution in [2.45, 2.75) is 18.3 Å². The summed E-state index contributed by atoms with van der Waals surface area (Å²) in [5.41, 5.74) is -0.153. The van der Waals surface area contributed by atoms with Gasteiger partial charge in [-0.25, -0.2) is 0 Å². The van der Waals surface area contributed by atoms with E-state index in [2.05, 4.69) is 31.4 Å². The van der Waals surface area contributed by atoms with Crippen molar-refractivity contribution < 1.29 is 9.26 Å². The normalized spacial score (nSPS) is 18.3. The number of hydrogen-bond donors (Lipinski definition) is 1. The second kappa shape index (κ2) is 5.93. The van der Waals surface area contributed by atoms with Gasteiger partial charge < -0.3 is 14.6 Å². The molecule has 1 aliphatic heterocycles. The first-order chi connectivity index (χ1) is 9.73. The number of rotatable bonds is 4. The van der Waals surface area contributed by atoms with Crippen LogP contribution < -0.4 is 5.32 Å². The molecule has 20 heavy (non-hydrogen) atoms. The van der Waals surface area contributed by atoms with E-state index < -0.39 is 0 Å². The largest absolute Gasteiger partial charge is 0.384 e. The van der Waals surface area contributed by atoms with E-state index in [0.29, 0.717) is 18.3 Å². The van der Waals surface area contributed by atoms with Gasteiger partial charge in [-0.15, -0.1) is 11.3 Å². The van der Waals surface area contributed by atoms with Gasteiger partial charge in [-0.05, 0) is 47.9 Å². The number of nitrogens with zero attached hydrogens (tertiary/aromatic N) is 2. The molecule has 3 rings (SSSR count). The fraction of sp³-hybridized carbons (Fsp3) is 0.538. The van der Waals surface area contributed by atoms with Gasteiger partial charge in [0, 0.05) is 17.0 Å². The lowest BCUT2D eigenvalue weighted by Gasteiger charge is -2.33. The Bertz CT molecular complexity index is 572. The van der Waals surface area contributed by atoms with Crippen LogP contribution in [-0.4, -0.2) is 36.9 Å². The lowest BCUT2D eigenvalue weighted by Crippen LogP contribution is -2.43. The number of methoxy groups -OCH3 is 1. The number of hydrogen-bond acceptors (Lipinski definition) is 6. The fourth-order valence-corrected chi connectivity index (χ4v) is 3.92. The lowest BCUT2D eigenvalue weighted by atomic mass is 9.79. The molecule has 7 heteroatoms. The molecular weight excluding hydrogens is 342 g/mol. The summed E-state index contributed by atoms with van der Waals surface area (Å²) in [5, 5.41) is 9.50. The summed E-state index contributed by atoms with van der Waals surface area (Å²) in [6.45, 7) is 2.52. The molecule has 1 fully saturated rings. The molecule has 0 amide bonds. The lowest BCUT2D eigenvalue weighted by molar-refractivity contribution is 0.0850. The SMILES string of the molecule is COCC1(c2nc(-c3cc(Br)cs3)no2)CCNCC1. The third-order valence-electron chi connectivity index (χ3n) is 3.65. The van der Waals surface area contributed by atoms with Gasteiger partial charge in [-0.3, -0.25) is 0 Å². The van der Waals surface area contributed by atoms with Gasteiger partial charge in [0.1, 0.15) is 0 Å². The zero-order valence-corrected chi connectivity index (χ0v) is 13.6. The van der Waals surface area contributed by atoms with E-state index in [1.54, 1.807) is 18.4 Å². The summed E-state index contributed by atoms with van der Waals surface area (Å²) in [7, 11) is 1.72. The number of ether oxygens (including phenoxy) is 1. The smallest absolute Gasteiger partial charge is 0.235 e. The molecule has 108 valence electrons. The Labute approximate surface area is 129 Å². The van der Waals surface area contributed by atoms with Crippen LogP contribution in [0.3, 0.4) is 0 Å². The number of piperidine rings is 1. The van der Waals surface area contributed by atoms with E-state index in [9.17, 15) is 0 Å². The molecule has 0 saturated carbocycles. The summed E-state index contributed by atoms with van der Waals surface area (Å²) >= 11 is 5.04. The first-order valence-corrected chi connectivity index (χ1v) is 8.19. The van der Waals surface area contributed by atoms with E-state index in [1.807, 2.05) is 11.4 Å². The molecule has 1 aliphatic rings. The van der Waals surface area contributed by atoms with Crippen LogP contribution in [0.15, 0.2) is 20.4 Å². The van der Waals surface area contributed by atoms with Crippen LogP contribution in [0.2, 0.25) is 0 Å². The number of thiophene rings is 1. The summed E-state index contributed by atoms with van der Waals surface area (Å²) < 4.78 is 12.0. The predicted molar refractivity (Wildman–Crippen MR) is 81.0 cm³/mol. The van der Waals surface area contributed by atoms with Crippen molar-refractivity contribution in [3.63, 3.8) is 0 Å². The van der Waals surface area contributed by atoms with E-state index >= 15 is 0 Å². The molecule has 0 radical (unpaired) electrons. The molecule has 2 aromatic rings. The minimum atomic E-state index is -0.153. The van der Waals surface area contributed by atoms with Crippen LogP contribution in [0.4, 0.5) is 0 Å². The maximum Gasteiger partial charge on any atom is 0.235 e. The molecule has 0 atom stereocenters. The second-order valence-corrected chi connectivity index (χ2v) is 6.84. The number of nitrogens with one attached hydrogen (secondary N) is 1. The summed E-state index contributed by atoms with van der Waals surface area (Å²) in [5.74, 6) is 1.35. The fourth-order valence-electron chi connectivity index (χ4n) is 2.57. The van der Waals surface area contributed by atoms with Crippen molar-refractivity contribution in [1.82, 2.24) is 15.5 Å². The highest BCUT2D eigenvalue weighted by molar-refractivity contribution is 9.10. The van der Waals surface area contributed by atoms with Crippen LogP contribution in [0.1, 0.15) is 18.7 Å². The minimum Gasteiger partial charge on any atom is -0.384 e. The highest BCUT2D eigenvalue weighted by Crippen LogP contribution is 2.35. The maximum atomic E-state index is 5.55. The van der Waals surface area contributed by atoms with Gasteiger partial charge in [0.05, 0.1) is 16.9 Å². The standard InChI is InChI=1S/C13H16BrN3O2S/c1-18-8-13(2-4-15-5-3-13)12-16-11(17-19-12)10-6-9(14)7-20-10/h6-7,15H,2-5,8H2,1H3. The van der Waals surface area contributed by atoms with Crippen LogP contribution in [-0.2, 0) is 10.2 Å². The highest BCUT2D eigenvalue weighted by atomic mass is 79.9. The Morgan fingerprint density at radius 1 is 1.50 bits per heavy atom. The topological polar surface area (TPSA) is 60.2 Å².